The molecule has 0 bridgehead atoms. The molecule has 1 fully saturated rings. The van der Waals surface area contributed by atoms with Gasteiger partial charge in [0.05, 0.1) is 37.9 Å². The van der Waals surface area contributed by atoms with Crippen LogP contribution in [-0.2, 0) is 0 Å². The van der Waals surface area contributed by atoms with E-state index in [1.54, 1.807) is 18.2 Å². The second-order valence-electron chi connectivity index (χ2n) is 6.86. The smallest absolute Gasteiger partial charge is 0.253 e. The van der Waals surface area contributed by atoms with Gasteiger partial charge in [0, 0.05) is 11.6 Å². The molecule has 5 N–H and O–H groups in total. The predicted molar refractivity (Wildman–Crippen MR) is 111 cm³/mol. The molecule has 1 saturated carbocycles. The average molecular weight is 418 g/mol. The van der Waals surface area contributed by atoms with Crippen LogP contribution in [0.15, 0.2) is 35.1 Å². The number of rotatable bonds is 3. The summed E-state index contributed by atoms with van der Waals surface area (Å²) in [5.74, 6) is -0.753. The zero-order chi connectivity index (χ0) is 20.0. The molecule has 144 valence electrons. The van der Waals surface area contributed by atoms with Crippen molar-refractivity contribution in [2.45, 2.75) is 25.3 Å². The minimum Gasteiger partial charge on any atom is -0.503 e. The molecule has 0 atom stereocenters. The lowest BCUT2D eigenvalue weighted by Gasteiger charge is -2.26. The number of H-pyrrole nitrogens is 1. The van der Waals surface area contributed by atoms with Crippen LogP contribution in [0.2, 0.25) is 10.0 Å². The van der Waals surface area contributed by atoms with Crippen molar-refractivity contribution in [1.82, 2.24) is 10.3 Å². The van der Waals surface area contributed by atoms with Crippen molar-refractivity contribution in [2.75, 3.05) is 5.73 Å². The molecule has 0 spiro atoms. The van der Waals surface area contributed by atoms with Gasteiger partial charge in [-0.25, -0.2) is 0 Å². The van der Waals surface area contributed by atoms with Crippen LogP contribution in [-0.4, -0.2) is 22.0 Å². The van der Waals surface area contributed by atoms with Crippen molar-refractivity contribution in [2.24, 2.45) is 0 Å². The summed E-state index contributed by atoms with van der Waals surface area (Å²) in [5, 5.41) is 14.0. The van der Waals surface area contributed by atoms with Gasteiger partial charge in [0.1, 0.15) is 0 Å². The van der Waals surface area contributed by atoms with E-state index in [4.69, 9.17) is 28.9 Å². The van der Waals surface area contributed by atoms with E-state index in [1.807, 2.05) is 0 Å². The van der Waals surface area contributed by atoms with Gasteiger partial charge in [-0.2, -0.15) is 0 Å². The Morgan fingerprint density at radius 1 is 1.21 bits per heavy atom. The van der Waals surface area contributed by atoms with E-state index in [0.717, 1.165) is 19.3 Å². The van der Waals surface area contributed by atoms with Gasteiger partial charge in [-0.15, -0.1) is 0 Å². The summed E-state index contributed by atoms with van der Waals surface area (Å²) in [6.07, 6.45) is 2.98. The SMILES string of the molecule is Nc1c(Cl)cc(-c2[nH]c3c(C(=O)NC4CCC4)cccc3c(=O)c2O)cc1Cl. The van der Waals surface area contributed by atoms with Gasteiger partial charge in [0.25, 0.3) is 5.91 Å². The summed E-state index contributed by atoms with van der Waals surface area (Å²) in [7, 11) is 0. The minimum atomic E-state index is -0.592. The highest BCUT2D eigenvalue weighted by atomic mass is 35.5. The lowest BCUT2D eigenvalue weighted by Crippen LogP contribution is -2.39. The van der Waals surface area contributed by atoms with Crippen LogP contribution in [0.3, 0.4) is 0 Å². The second kappa shape index (κ2) is 7.04. The van der Waals surface area contributed by atoms with Crippen LogP contribution in [0.25, 0.3) is 22.2 Å². The van der Waals surface area contributed by atoms with Crippen LogP contribution >= 0.6 is 23.2 Å². The van der Waals surface area contributed by atoms with Crippen LogP contribution in [0.4, 0.5) is 5.69 Å². The zero-order valence-electron chi connectivity index (χ0n) is 14.7. The monoisotopic (exact) mass is 417 g/mol. The lowest BCUT2D eigenvalue weighted by molar-refractivity contribution is 0.0918. The van der Waals surface area contributed by atoms with E-state index >= 15 is 0 Å². The Morgan fingerprint density at radius 3 is 2.50 bits per heavy atom. The molecule has 1 aromatic heterocycles. The van der Waals surface area contributed by atoms with Gasteiger partial charge < -0.3 is 21.1 Å². The molecule has 1 heterocycles. The number of aromatic amines is 1. The number of aromatic hydroxyl groups is 1. The first-order chi connectivity index (χ1) is 13.4. The molecule has 4 rings (SSSR count). The molecule has 2 aromatic carbocycles. The first-order valence-electron chi connectivity index (χ1n) is 8.80. The van der Waals surface area contributed by atoms with Gasteiger partial charge >= 0.3 is 0 Å². The number of carbonyl (C=O) groups excluding carboxylic acids is 1. The summed E-state index contributed by atoms with van der Waals surface area (Å²) < 4.78 is 0. The number of nitrogen functional groups attached to an aromatic ring is 1. The highest BCUT2D eigenvalue weighted by molar-refractivity contribution is 6.39. The Hall–Kier alpha value is -2.70. The minimum absolute atomic E-state index is 0.116. The molecule has 1 aliphatic carbocycles. The molecule has 1 amide bonds. The summed E-state index contributed by atoms with van der Waals surface area (Å²) in [6, 6.07) is 7.95. The Balaban J connectivity index is 1.91. The molecular formula is C20H17Cl2N3O3. The van der Waals surface area contributed by atoms with Gasteiger partial charge in [0.2, 0.25) is 5.43 Å². The number of aromatic nitrogens is 1. The standard InChI is InChI=1S/C20H17Cl2N3O3/c21-13-7-9(8-14(22)15(13)23)16-19(27)18(26)11-5-2-6-12(17(11)25-16)20(28)24-10-3-1-4-10/h2,5-8,10,27H,1,3-4,23H2,(H,24,28)(H,25,26). The summed E-state index contributed by atoms with van der Waals surface area (Å²) in [5.41, 5.74) is 6.54. The number of hydrogen-bond donors (Lipinski definition) is 4. The molecule has 0 radical (unpaired) electrons. The normalized spacial score (nSPS) is 14.1. The highest BCUT2D eigenvalue weighted by Gasteiger charge is 2.23. The van der Waals surface area contributed by atoms with Crippen molar-refractivity contribution in [1.29, 1.82) is 0 Å². The first-order valence-corrected chi connectivity index (χ1v) is 9.56. The summed E-state index contributed by atoms with van der Waals surface area (Å²) >= 11 is 12.2. The number of carbonyl (C=O) groups is 1. The number of halogens is 2. The first kappa shape index (κ1) is 18.7. The van der Waals surface area contributed by atoms with E-state index in [0.29, 0.717) is 16.6 Å². The Bertz CT molecular complexity index is 1150. The number of pyridine rings is 1. The van der Waals surface area contributed by atoms with E-state index in [-0.39, 0.29) is 38.8 Å². The number of hydrogen-bond acceptors (Lipinski definition) is 4. The fourth-order valence-corrected chi connectivity index (χ4v) is 3.73. The molecule has 0 unspecified atom stereocenters. The number of nitrogens with two attached hydrogens (primary N) is 1. The van der Waals surface area contributed by atoms with Crippen molar-refractivity contribution < 1.29 is 9.90 Å². The number of nitrogens with one attached hydrogen (secondary N) is 2. The van der Waals surface area contributed by atoms with E-state index in [2.05, 4.69) is 10.3 Å². The van der Waals surface area contributed by atoms with Gasteiger partial charge in [0.15, 0.2) is 5.75 Å². The zero-order valence-corrected chi connectivity index (χ0v) is 16.2. The number of amides is 1. The van der Waals surface area contributed by atoms with Crippen molar-refractivity contribution in [3.63, 3.8) is 0 Å². The van der Waals surface area contributed by atoms with E-state index < -0.39 is 11.2 Å². The Kier molecular flexibility index (Phi) is 4.69. The third-order valence-corrected chi connectivity index (χ3v) is 5.69. The molecule has 6 nitrogen and oxygen atoms in total. The molecule has 8 heteroatoms. The largest absolute Gasteiger partial charge is 0.503 e. The molecule has 0 aliphatic heterocycles. The summed E-state index contributed by atoms with van der Waals surface area (Å²) in [4.78, 5) is 28.5. The Morgan fingerprint density at radius 2 is 1.89 bits per heavy atom. The third-order valence-electron chi connectivity index (χ3n) is 5.06. The lowest BCUT2D eigenvalue weighted by atomic mass is 9.93. The van der Waals surface area contributed by atoms with Gasteiger partial charge in [-0.3, -0.25) is 9.59 Å². The maximum atomic E-state index is 12.7. The van der Waals surface area contributed by atoms with Crippen LogP contribution in [0.1, 0.15) is 29.6 Å². The molecule has 3 aromatic rings. The van der Waals surface area contributed by atoms with E-state index in [1.165, 1.54) is 12.1 Å². The average Bonchev–Trinajstić information content (AvgIpc) is 2.64. The number of anilines is 1. The number of fused-ring (bicyclic) bond motifs is 1. The molecule has 1 aliphatic rings. The molecule has 0 saturated heterocycles. The number of benzene rings is 2. The van der Waals surface area contributed by atoms with Gasteiger partial charge in [-0.05, 0) is 43.5 Å². The molecular weight excluding hydrogens is 401 g/mol. The summed E-state index contributed by atoms with van der Waals surface area (Å²) in [6.45, 7) is 0. The van der Waals surface area contributed by atoms with E-state index in [9.17, 15) is 14.7 Å². The topological polar surface area (TPSA) is 108 Å². The van der Waals surface area contributed by atoms with Crippen LogP contribution < -0.4 is 16.5 Å². The van der Waals surface area contributed by atoms with Crippen molar-refractivity contribution in [3.05, 3.63) is 56.2 Å². The molecule has 28 heavy (non-hydrogen) atoms. The maximum Gasteiger partial charge on any atom is 0.253 e. The van der Waals surface area contributed by atoms with Crippen molar-refractivity contribution in [3.8, 4) is 17.0 Å². The van der Waals surface area contributed by atoms with Crippen molar-refractivity contribution >= 4 is 45.7 Å². The fourth-order valence-electron chi connectivity index (χ4n) is 3.24. The Labute approximate surface area is 170 Å². The third kappa shape index (κ3) is 3.08. The van der Waals surface area contributed by atoms with Crippen LogP contribution in [0, 0.1) is 0 Å². The quantitative estimate of drug-likeness (QED) is 0.481. The predicted octanol–water partition coefficient (Wildman–Crippen LogP) is 4.07. The number of para-hydroxylation sites is 1. The fraction of sp³-hybridized carbons (Fsp3) is 0.200. The van der Waals surface area contributed by atoms with Crippen LogP contribution in [0.5, 0.6) is 5.75 Å². The van der Waals surface area contributed by atoms with Gasteiger partial charge in [-0.1, -0.05) is 29.3 Å². The maximum absolute atomic E-state index is 12.7. The second-order valence-corrected chi connectivity index (χ2v) is 7.68. The highest BCUT2D eigenvalue weighted by Crippen LogP contribution is 2.36.